The van der Waals surface area contributed by atoms with Crippen molar-refractivity contribution in [2.45, 2.75) is 6.43 Å². The lowest BCUT2D eigenvalue weighted by Crippen LogP contribution is -2.11. The van der Waals surface area contributed by atoms with Crippen LogP contribution in [0.2, 0.25) is 0 Å². The molecule has 0 aliphatic carbocycles. The second kappa shape index (κ2) is 4.76. The number of nitrogens with zero attached hydrogens (tertiary/aromatic N) is 2. The first-order valence-corrected chi connectivity index (χ1v) is 4.09. The summed E-state index contributed by atoms with van der Waals surface area (Å²) < 4.78 is 42.4. The van der Waals surface area contributed by atoms with Crippen LogP contribution in [0, 0.1) is 16.1 Å². The number of esters is 1. The Hall–Kier alpha value is -2.19. The van der Waals surface area contributed by atoms with Crippen LogP contribution in [-0.4, -0.2) is 23.0 Å². The summed E-state index contributed by atoms with van der Waals surface area (Å²) in [6.45, 7) is 0. The highest BCUT2D eigenvalue weighted by atomic mass is 19.3. The van der Waals surface area contributed by atoms with Crippen LogP contribution in [0.1, 0.15) is 22.3 Å². The number of hydrogen-bond donors (Lipinski definition) is 0. The van der Waals surface area contributed by atoms with E-state index < -0.39 is 40.1 Å². The number of rotatable bonds is 3. The van der Waals surface area contributed by atoms with Crippen LogP contribution in [0.3, 0.4) is 0 Å². The number of carbonyl (C=O) groups is 1. The standard InChI is InChI=1S/C8H5F3N2O4/c1-17-8(14)3-2-12-7(11)5(13(15)16)4(3)6(9)10/h2,6H,1H3. The predicted molar refractivity (Wildman–Crippen MR) is 47.1 cm³/mol. The van der Waals surface area contributed by atoms with Gasteiger partial charge >= 0.3 is 11.7 Å². The molecule has 1 aromatic heterocycles. The number of methoxy groups -OCH3 is 1. The molecule has 6 nitrogen and oxygen atoms in total. The maximum Gasteiger partial charge on any atom is 0.340 e. The highest BCUT2D eigenvalue weighted by molar-refractivity contribution is 5.91. The van der Waals surface area contributed by atoms with E-state index >= 15 is 0 Å². The molecule has 0 N–H and O–H groups in total. The van der Waals surface area contributed by atoms with Crippen molar-refractivity contribution in [1.29, 1.82) is 0 Å². The molecule has 1 aromatic rings. The molecule has 0 atom stereocenters. The third-order valence-corrected chi connectivity index (χ3v) is 1.85. The third-order valence-electron chi connectivity index (χ3n) is 1.85. The fourth-order valence-corrected chi connectivity index (χ4v) is 1.16. The average molecular weight is 250 g/mol. The Balaban J connectivity index is 3.59. The minimum absolute atomic E-state index is 0.468. The topological polar surface area (TPSA) is 82.3 Å². The number of ether oxygens (including phenoxy) is 1. The van der Waals surface area contributed by atoms with E-state index in [4.69, 9.17) is 0 Å². The van der Waals surface area contributed by atoms with Gasteiger partial charge in [0.2, 0.25) is 0 Å². The Morgan fingerprint density at radius 2 is 2.18 bits per heavy atom. The number of carbonyl (C=O) groups excluding carboxylic acids is 1. The van der Waals surface area contributed by atoms with Gasteiger partial charge < -0.3 is 4.74 Å². The lowest BCUT2D eigenvalue weighted by Gasteiger charge is -2.07. The first-order valence-electron chi connectivity index (χ1n) is 4.09. The first-order chi connectivity index (χ1) is 7.90. The summed E-state index contributed by atoms with van der Waals surface area (Å²) in [7, 11) is 0.896. The van der Waals surface area contributed by atoms with Crippen molar-refractivity contribution in [2.24, 2.45) is 0 Å². The lowest BCUT2D eigenvalue weighted by atomic mass is 10.1. The smallest absolute Gasteiger partial charge is 0.340 e. The van der Waals surface area contributed by atoms with Crippen molar-refractivity contribution in [2.75, 3.05) is 7.11 Å². The Bertz CT molecular complexity index is 478. The molecule has 0 unspecified atom stereocenters. The minimum atomic E-state index is -3.40. The van der Waals surface area contributed by atoms with Crippen molar-refractivity contribution in [3.05, 3.63) is 33.4 Å². The summed E-state index contributed by atoms with van der Waals surface area (Å²) in [4.78, 5) is 23.0. The second-order valence-corrected chi connectivity index (χ2v) is 2.77. The van der Waals surface area contributed by atoms with Gasteiger partial charge in [0.05, 0.1) is 17.6 Å². The zero-order valence-corrected chi connectivity index (χ0v) is 8.32. The molecule has 0 radical (unpaired) electrons. The van der Waals surface area contributed by atoms with Gasteiger partial charge in [-0.2, -0.15) is 4.39 Å². The van der Waals surface area contributed by atoms with Gasteiger partial charge in [-0.05, 0) is 0 Å². The van der Waals surface area contributed by atoms with E-state index in [1.165, 1.54) is 0 Å². The molecule has 0 aliphatic heterocycles. The maximum absolute atomic E-state index is 13.0. The fourth-order valence-electron chi connectivity index (χ4n) is 1.16. The maximum atomic E-state index is 13.0. The molecule has 92 valence electrons. The molecule has 0 bridgehead atoms. The summed E-state index contributed by atoms with van der Waals surface area (Å²) in [5.74, 6) is -2.94. The number of aromatic nitrogens is 1. The zero-order valence-electron chi connectivity index (χ0n) is 8.32. The molecule has 0 aromatic carbocycles. The van der Waals surface area contributed by atoms with Gasteiger partial charge in [0, 0.05) is 6.20 Å². The summed E-state index contributed by atoms with van der Waals surface area (Å²) in [5, 5.41) is 10.5. The van der Waals surface area contributed by atoms with E-state index in [-0.39, 0.29) is 0 Å². The number of halogens is 3. The minimum Gasteiger partial charge on any atom is -0.465 e. The predicted octanol–water partition coefficient (Wildman–Crippen LogP) is 1.85. The monoisotopic (exact) mass is 250 g/mol. The molecule has 0 saturated carbocycles. The molecule has 0 aliphatic rings. The Kier molecular flexibility index (Phi) is 3.61. The largest absolute Gasteiger partial charge is 0.465 e. The number of pyridine rings is 1. The van der Waals surface area contributed by atoms with Gasteiger partial charge in [-0.1, -0.05) is 0 Å². The zero-order chi connectivity index (χ0) is 13.2. The lowest BCUT2D eigenvalue weighted by molar-refractivity contribution is -0.389. The summed E-state index contributed by atoms with van der Waals surface area (Å²) in [6.07, 6.45) is -2.93. The number of hydrogen-bond acceptors (Lipinski definition) is 5. The van der Waals surface area contributed by atoms with Crippen molar-refractivity contribution in [3.8, 4) is 0 Å². The molecular weight excluding hydrogens is 245 g/mol. The van der Waals surface area contributed by atoms with Gasteiger partial charge in [-0.15, -0.1) is 0 Å². The quantitative estimate of drug-likeness (QED) is 0.354. The van der Waals surface area contributed by atoms with E-state index in [9.17, 15) is 28.1 Å². The van der Waals surface area contributed by atoms with Gasteiger partial charge in [0.1, 0.15) is 5.56 Å². The van der Waals surface area contributed by atoms with E-state index in [0.717, 1.165) is 7.11 Å². The van der Waals surface area contributed by atoms with Crippen LogP contribution in [0.4, 0.5) is 18.9 Å². The second-order valence-electron chi connectivity index (χ2n) is 2.77. The summed E-state index contributed by atoms with van der Waals surface area (Å²) in [5.41, 5.74) is -3.70. The van der Waals surface area contributed by atoms with Gasteiger partial charge in [0.15, 0.2) is 0 Å². The fraction of sp³-hybridized carbons (Fsp3) is 0.250. The van der Waals surface area contributed by atoms with Gasteiger partial charge in [-0.25, -0.2) is 18.6 Å². The number of alkyl halides is 2. The van der Waals surface area contributed by atoms with Crippen LogP contribution < -0.4 is 0 Å². The van der Waals surface area contributed by atoms with E-state index in [1.807, 2.05) is 0 Å². The SMILES string of the molecule is COC(=O)c1cnc(F)c([N+](=O)[O-])c1C(F)F. The van der Waals surface area contributed by atoms with Crippen molar-refractivity contribution < 1.29 is 27.6 Å². The van der Waals surface area contributed by atoms with E-state index in [2.05, 4.69) is 9.72 Å². The highest BCUT2D eigenvalue weighted by Gasteiger charge is 2.33. The molecule has 9 heteroatoms. The summed E-state index contributed by atoms with van der Waals surface area (Å²) >= 11 is 0. The Morgan fingerprint density at radius 3 is 2.59 bits per heavy atom. The van der Waals surface area contributed by atoms with E-state index in [1.54, 1.807) is 0 Å². The normalized spacial score (nSPS) is 10.4. The van der Waals surface area contributed by atoms with Gasteiger partial charge in [-0.3, -0.25) is 10.1 Å². The highest BCUT2D eigenvalue weighted by Crippen LogP contribution is 2.33. The van der Waals surface area contributed by atoms with Crippen LogP contribution in [0.5, 0.6) is 0 Å². The average Bonchev–Trinajstić information content (AvgIpc) is 2.26. The summed E-state index contributed by atoms with van der Waals surface area (Å²) in [6, 6.07) is 0. The van der Waals surface area contributed by atoms with E-state index in [0.29, 0.717) is 6.20 Å². The molecular formula is C8H5F3N2O4. The number of nitro groups is 1. The molecule has 17 heavy (non-hydrogen) atoms. The van der Waals surface area contributed by atoms with Crippen LogP contribution in [-0.2, 0) is 4.74 Å². The molecule has 0 fully saturated rings. The first kappa shape index (κ1) is 12.9. The Morgan fingerprint density at radius 1 is 1.59 bits per heavy atom. The molecule has 0 amide bonds. The van der Waals surface area contributed by atoms with Crippen molar-refractivity contribution in [3.63, 3.8) is 0 Å². The Labute approximate surface area is 92.2 Å². The van der Waals surface area contributed by atoms with Crippen LogP contribution in [0.25, 0.3) is 0 Å². The van der Waals surface area contributed by atoms with Crippen molar-refractivity contribution >= 4 is 11.7 Å². The van der Waals surface area contributed by atoms with Crippen molar-refractivity contribution in [1.82, 2.24) is 4.98 Å². The van der Waals surface area contributed by atoms with Crippen LogP contribution in [0.15, 0.2) is 6.20 Å². The third kappa shape index (κ3) is 2.32. The molecule has 1 heterocycles. The molecule has 0 spiro atoms. The van der Waals surface area contributed by atoms with Gasteiger partial charge in [0.25, 0.3) is 12.4 Å². The molecule has 0 saturated heterocycles. The van der Waals surface area contributed by atoms with Crippen LogP contribution >= 0.6 is 0 Å². The molecule has 1 rings (SSSR count).